The fourth-order valence-corrected chi connectivity index (χ4v) is 3.80. The number of carbonyl (C=O) groups excluding carboxylic acids is 5. The quantitative estimate of drug-likeness (QED) is 0.174. The molecule has 0 spiro atoms. The molecule has 4 N–H and O–H groups in total. The lowest BCUT2D eigenvalue weighted by atomic mass is 9.99. The van der Waals surface area contributed by atoms with Gasteiger partial charge in [0, 0.05) is 24.7 Å². The molecule has 0 radical (unpaired) electrons. The summed E-state index contributed by atoms with van der Waals surface area (Å²) >= 11 is 0. The van der Waals surface area contributed by atoms with Gasteiger partial charge < -0.3 is 26.0 Å². The molecule has 0 saturated heterocycles. The van der Waals surface area contributed by atoms with E-state index >= 15 is 0 Å². The molecule has 45 heavy (non-hydrogen) atoms. The molecule has 0 aliphatic heterocycles. The van der Waals surface area contributed by atoms with E-state index in [1.165, 1.54) is 7.11 Å². The van der Waals surface area contributed by atoms with E-state index in [4.69, 9.17) is 4.74 Å². The minimum Gasteiger partial charge on any atom is -0.497 e. The van der Waals surface area contributed by atoms with Crippen molar-refractivity contribution in [1.82, 2.24) is 16.0 Å². The Morgan fingerprint density at radius 2 is 1.49 bits per heavy atom. The minimum absolute atomic E-state index is 0.0534. The number of alkyl halides is 3. The second kappa shape index (κ2) is 16.3. The van der Waals surface area contributed by atoms with Crippen LogP contribution >= 0.6 is 0 Å². The summed E-state index contributed by atoms with van der Waals surface area (Å²) in [5, 5.41) is 9.95. The predicted molar refractivity (Wildman–Crippen MR) is 153 cm³/mol. The number of benzene rings is 3. The van der Waals surface area contributed by atoms with Gasteiger partial charge in [-0.05, 0) is 28.8 Å². The van der Waals surface area contributed by atoms with E-state index in [1.54, 1.807) is 48.5 Å². The van der Waals surface area contributed by atoms with E-state index in [2.05, 4.69) is 31.0 Å². The van der Waals surface area contributed by atoms with Crippen LogP contribution in [-0.4, -0.2) is 56.2 Å². The first-order chi connectivity index (χ1) is 21.4. The number of hydrogen-bond donors (Lipinski definition) is 4. The maximum Gasteiger partial charge on any atom is 0.495 e. The van der Waals surface area contributed by atoms with Gasteiger partial charge in [-0.15, -0.1) is 0 Å². The van der Waals surface area contributed by atoms with Crippen molar-refractivity contribution >= 4 is 35.5 Å². The van der Waals surface area contributed by atoms with Gasteiger partial charge in [0.05, 0.1) is 26.1 Å². The van der Waals surface area contributed by atoms with Crippen LogP contribution in [-0.2, 0) is 29.0 Å². The van der Waals surface area contributed by atoms with Gasteiger partial charge in [0.2, 0.25) is 11.8 Å². The van der Waals surface area contributed by atoms with Crippen LogP contribution in [0.4, 0.5) is 23.7 Å². The van der Waals surface area contributed by atoms with E-state index in [9.17, 15) is 37.1 Å². The lowest BCUT2D eigenvalue weighted by Gasteiger charge is -2.19. The highest BCUT2D eigenvalue weighted by molar-refractivity contribution is 5.90. The van der Waals surface area contributed by atoms with Crippen molar-refractivity contribution in [1.29, 1.82) is 0 Å². The molecule has 0 aliphatic carbocycles. The van der Waals surface area contributed by atoms with E-state index < -0.39 is 55.0 Å². The number of methoxy groups -OCH3 is 1. The molecular weight excluding hydrogens is 601 g/mol. The predicted octanol–water partition coefficient (Wildman–Crippen LogP) is 3.80. The van der Waals surface area contributed by atoms with Crippen molar-refractivity contribution in [3.8, 4) is 16.9 Å². The van der Waals surface area contributed by atoms with Gasteiger partial charge in [0.25, 0.3) is 0 Å². The largest absolute Gasteiger partial charge is 0.497 e. The van der Waals surface area contributed by atoms with E-state index in [-0.39, 0.29) is 13.0 Å². The molecule has 0 aromatic heterocycles. The Morgan fingerprint density at radius 3 is 2.16 bits per heavy atom. The van der Waals surface area contributed by atoms with Gasteiger partial charge in [-0.1, -0.05) is 60.7 Å². The third-order valence-corrected chi connectivity index (χ3v) is 5.98. The molecule has 0 saturated carbocycles. The Morgan fingerprint density at radius 1 is 0.800 bits per heavy atom. The molecule has 12 nitrogen and oxygen atoms in total. The third kappa shape index (κ3) is 11.5. The standard InChI is InChI=1S/C30H29F3N4O8/c1-43-23-9-5-8-22(16-23)36-29(42)34-15-14-25(38)35-18-26(39)37-24(17-27(40)44-45-28(41)30(31,32)33)21-12-10-20(11-13-21)19-6-3-2-4-7-19/h2-13,16,24H,14-15,17-18H2,1H3,(H,35,38)(H,37,39)(H2,34,36,42). The molecule has 0 fully saturated rings. The first kappa shape index (κ1) is 33.9. The van der Waals surface area contributed by atoms with Crippen LogP contribution in [0, 0.1) is 0 Å². The van der Waals surface area contributed by atoms with E-state index in [0.717, 1.165) is 11.1 Å². The molecule has 0 heterocycles. The van der Waals surface area contributed by atoms with Crippen molar-refractivity contribution in [2.45, 2.75) is 25.1 Å². The van der Waals surface area contributed by atoms with Gasteiger partial charge >= 0.3 is 24.1 Å². The van der Waals surface area contributed by atoms with Crippen molar-refractivity contribution < 1.29 is 51.7 Å². The summed E-state index contributed by atoms with van der Waals surface area (Å²) in [5.41, 5.74) is 2.54. The van der Waals surface area contributed by atoms with Crippen molar-refractivity contribution in [3.63, 3.8) is 0 Å². The topological polar surface area (TPSA) is 161 Å². The van der Waals surface area contributed by atoms with Crippen molar-refractivity contribution in [2.75, 3.05) is 25.5 Å². The zero-order valence-electron chi connectivity index (χ0n) is 23.8. The molecule has 3 aromatic carbocycles. The summed E-state index contributed by atoms with van der Waals surface area (Å²) in [6.07, 6.45) is -6.25. The lowest BCUT2D eigenvalue weighted by Crippen LogP contribution is -2.40. The average molecular weight is 631 g/mol. The highest BCUT2D eigenvalue weighted by Crippen LogP contribution is 2.24. The summed E-state index contributed by atoms with van der Waals surface area (Å²) < 4.78 is 42.2. The Labute approximate surface area is 255 Å². The highest BCUT2D eigenvalue weighted by Gasteiger charge is 2.43. The molecule has 1 unspecified atom stereocenters. The molecular formula is C30H29F3N4O8. The normalized spacial score (nSPS) is 11.4. The number of amides is 4. The van der Waals surface area contributed by atoms with Gasteiger partial charge in [-0.2, -0.15) is 13.2 Å². The van der Waals surface area contributed by atoms with Crippen LogP contribution in [0.3, 0.4) is 0 Å². The summed E-state index contributed by atoms with van der Waals surface area (Å²) in [7, 11) is 1.48. The van der Waals surface area contributed by atoms with Crippen LogP contribution in [0.2, 0.25) is 0 Å². The van der Waals surface area contributed by atoms with Crippen molar-refractivity contribution in [2.24, 2.45) is 0 Å². The van der Waals surface area contributed by atoms with Gasteiger partial charge in [0.15, 0.2) is 0 Å². The number of halogens is 3. The number of ether oxygens (including phenoxy) is 1. The zero-order valence-corrected chi connectivity index (χ0v) is 23.8. The lowest BCUT2D eigenvalue weighted by molar-refractivity contribution is -0.286. The maximum absolute atomic E-state index is 12.6. The third-order valence-electron chi connectivity index (χ3n) is 5.98. The first-order valence-corrected chi connectivity index (χ1v) is 13.3. The van der Waals surface area contributed by atoms with Crippen LogP contribution in [0.15, 0.2) is 78.9 Å². The molecule has 0 aliphatic rings. The number of nitrogens with one attached hydrogen (secondary N) is 4. The van der Waals surface area contributed by atoms with Gasteiger partial charge in [0.1, 0.15) is 5.75 Å². The summed E-state index contributed by atoms with van der Waals surface area (Å²) in [6.45, 7) is -0.576. The second-order valence-electron chi connectivity index (χ2n) is 9.28. The van der Waals surface area contributed by atoms with Crippen LogP contribution < -0.4 is 26.0 Å². The number of urea groups is 1. The maximum atomic E-state index is 12.6. The molecule has 3 rings (SSSR count). The fourth-order valence-electron chi connectivity index (χ4n) is 3.80. The Bertz CT molecular complexity index is 1480. The average Bonchev–Trinajstić information content (AvgIpc) is 3.02. The number of rotatable bonds is 12. The SMILES string of the molecule is COc1cccc(NC(=O)NCCC(=O)NCC(=O)NC(CC(=O)OOC(=O)C(F)(F)F)c2ccc(-c3ccccc3)cc2)c1. The van der Waals surface area contributed by atoms with Gasteiger partial charge in [-0.3, -0.25) is 9.59 Å². The second-order valence-corrected chi connectivity index (χ2v) is 9.28. The van der Waals surface area contributed by atoms with Crippen molar-refractivity contribution in [3.05, 3.63) is 84.4 Å². The first-order valence-electron chi connectivity index (χ1n) is 13.3. The monoisotopic (exact) mass is 630 g/mol. The zero-order chi connectivity index (χ0) is 32.8. The van der Waals surface area contributed by atoms with Crippen LogP contribution in [0.25, 0.3) is 11.1 Å². The smallest absolute Gasteiger partial charge is 0.495 e. The minimum atomic E-state index is -5.38. The summed E-state index contributed by atoms with van der Waals surface area (Å²) in [5.74, 6) is -4.87. The van der Waals surface area contributed by atoms with E-state index in [1.807, 2.05) is 30.3 Å². The summed E-state index contributed by atoms with van der Waals surface area (Å²) in [4.78, 5) is 67.5. The Hall–Kier alpha value is -5.60. The number of anilines is 1. The van der Waals surface area contributed by atoms with Crippen LogP contribution in [0.5, 0.6) is 5.75 Å². The Kier molecular flexibility index (Phi) is 12.3. The molecule has 0 bridgehead atoms. The number of carbonyl (C=O) groups is 5. The van der Waals surface area contributed by atoms with Crippen LogP contribution in [0.1, 0.15) is 24.4 Å². The summed E-state index contributed by atoms with van der Waals surface area (Å²) in [6, 6.07) is 20.8. The molecule has 238 valence electrons. The molecule has 3 aromatic rings. The molecule has 15 heteroatoms. The molecule has 1 atom stereocenters. The molecule has 4 amide bonds. The number of hydrogen-bond acceptors (Lipinski definition) is 8. The van der Waals surface area contributed by atoms with Gasteiger partial charge in [-0.25, -0.2) is 24.2 Å². The Balaban J connectivity index is 1.53. The van der Waals surface area contributed by atoms with E-state index in [0.29, 0.717) is 17.0 Å². The highest BCUT2D eigenvalue weighted by atomic mass is 19.4. The fraction of sp³-hybridized carbons (Fsp3) is 0.233.